The molecular weight excluding hydrogens is 460 g/mol. The quantitative estimate of drug-likeness (QED) is 0.232. The van der Waals surface area contributed by atoms with Crippen molar-refractivity contribution < 1.29 is 19.1 Å². The molecule has 4 rings (SSSR count). The Morgan fingerprint density at radius 3 is 2.75 bits per heavy atom. The van der Waals surface area contributed by atoms with Gasteiger partial charge in [-0.15, -0.1) is 0 Å². The second kappa shape index (κ2) is 11.9. The van der Waals surface area contributed by atoms with Crippen molar-refractivity contribution in [1.82, 2.24) is 30.8 Å². The van der Waals surface area contributed by atoms with Crippen LogP contribution in [0.5, 0.6) is 5.75 Å². The zero-order valence-corrected chi connectivity index (χ0v) is 20.4. The standard InChI is InChI=1S/C26H30N6O4/c1-3-4-13-36-26(34)28-12-6-11-27-25(33)18-9-10-21-20(15-18)23(32-31-21)24-29-16-22(30-24)17-7-5-8-19(14-17)35-2/h5,7-10,14-16H,3-4,6,11-13H2,1-2H3,(H,27,33)(H,28,34)(H,29,30)(H,31,32). The summed E-state index contributed by atoms with van der Waals surface area (Å²) in [6, 6.07) is 13.0. The number of ether oxygens (including phenoxy) is 2. The lowest BCUT2D eigenvalue weighted by Gasteiger charge is -2.08. The Balaban J connectivity index is 1.38. The third kappa shape index (κ3) is 6.01. The summed E-state index contributed by atoms with van der Waals surface area (Å²) >= 11 is 0. The van der Waals surface area contributed by atoms with Crippen LogP contribution in [-0.2, 0) is 4.74 Å². The van der Waals surface area contributed by atoms with Crippen LogP contribution >= 0.6 is 0 Å². The fourth-order valence-electron chi connectivity index (χ4n) is 3.66. The van der Waals surface area contributed by atoms with Gasteiger partial charge < -0.3 is 25.1 Å². The van der Waals surface area contributed by atoms with E-state index >= 15 is 0 Å². The largest absolute Gasteiger partial charge is 0.497 e. The van der Waals surface area contributed by atoms with E-state index < -0.39 is 6.09 Å². The van der Waals surface area contributed by atoms with E-state index in [0.717, 1.165) is 40.8 Å². The highest BCUT2D eigenvalue weighted by Crippen LogP contribution is 2.28. The molecule has 0 atom stereocenters. The number of methoxy groups -OCH3 is 1. The monoisotopic (exact) mass is 490 g/mol. The number of H-pyrrole nitrogens is 2. The molecule has 0 aliphatic carbocycles. The number of benzene rings is 2. The van der Waals surface area contributed by atoms with Gasteiger partial charge in [0, 0.05) is 29.6 Å². The van der Waals surface area contributed by atoms with Gasteiger partial charge in [0.15, 0.2) is 5.82 Å². The second-order valence-electron chi connectivity index (χ2n) is 8.24. The molecule has 0 radical (unpaired) electrons. The molecular formula is C26H30N6O4. The number of nitrogens with one attached hydrogen (secondary N) is 4. The summed E-state index contributed by atoms with van der Waals surface area (Å²) < 4.78 is 10.3. The summed E-state index contributed by atoms with van der Waals surface area (Å²) in [5, 5.41) is 13.7. The maximum Gasteiger partial charge on any atom is 0.407 e. The predicted molar refractivity (Wildman–Crippen MR) is 137 cm³/mol. The van der Waals surface area contributed by atoms with Gasteiger partial charge in [-0.2, -0.15) is 5.10 Å². The summed E-state index contributed by atoms with van der Waals surface area (Å²) in [7, 11) is 1.63. The molecule has 10 heteroatoms. The first-order valence-electron chi connectivity index (χ1n) is 12.0. The molecule has 0 bridgehead atoms. The third-order valence-electron chi connectivity index (χ3n) is 5.65. The molecule has 10 nitrogen and oxygen atoms in total. The van der Waals surface area contributed by atoms with Crippen molar-refractivity contribution in [2.45, 2.75) is 26.2 Å². The molecule has 0 saturated heterocycles. The topological polar surface area (TPSA) is 134 Å². The molecule has 0 fully saturated rings. The number of aromatic amines is 2. The maximum absolute atomic E-state index is 12.7. The third-order valence-corrected chi connectivity index (χ3v) is 5.65. The Labute approximate surface area is 208 Å². The Hall–Kier alpha value is -4.34. The lowest BCUT2D eigenvalue weighted by molar-refractivity contribution is 0.0953. The number of hydrogen-bond acceptors (Lipinski definition) is 6. The molecule has 4 aromatic rings. The molecule has 4 N–H and O–H groups in total. The Morgan fingerprint density at radius 1 is 1.06 bits per heavy atom. The van der Waals surface area contributed by atoms with Gasteiger partial charge in [-0.3, -0.25) is 9.89 Å². The van der Waals surface area contributed by atoms with Crippen LogP contribution in [0.3, 0.4) is 0 Å². The van der Waals surface area contributed by atoms with E-state index in [2.05, 4.69) is 30.8 Å². The number of imidazole rings is 1. The molecule has 0 spiro atoms. The zero-order valence-electron chi connectivity index (χ0n) is 20.4. The normalized spacial score (nSPS) is 10.8. The van der Waals surface area contributed by atoms with Gasteiger partial charge in [0.2, 0.25) is 0 Å². The van der Waals surface area contributed by atoms with Crippen molar-refractivity contribution >= 4 is 22.9 Å². The summed E-state index contributed by atoms with van der Waals surface area (Å²) in [5.74, 6) is 1.15. The Morgan fingerprint density at radius 2 is 1.92 bits per heavy atom. The van der Waals surface area contributed by atoms with Gasteiger partial charge in [0.05, 0.1) is 31.1 Å². The minimum Gasteiger partial charge on any atom is -0.497 e. The van der Waals surface area contributed by atoms with Gasteiger partial charge in [-0.25, -0.2) is 9.78 Å². The number of unbranched alkanes of at least 4 members (excludes halogenated alkanes) is 1. The fourth-order valence-corrected chi connectivity index (χ4v) is 3.66. The molecule has 2 heterocycles. The minimum atomic E-state index is -0.430. The van der Waals surface area contributed by atoms with E-state index in [1.54, 1.807) is 25.4 Å². The number of fused-ring (bicyclic) bond motifs is 1. The summed E-state index contributed by atoms with van der Waals surface area (Å²) in [4.78, 5) is 32.0. The van der Waals surface area contributed by atoms with Crippen LogP contribution in [0.1, 0.15) is 36.5 Å². The number of nitrogens with zero attached hydrogens (tertiary/aromatic N) is 2. The van der Waals surface area contributed by atoms with Crippen LogP contribution in [0.4, 0.5) is 4.79 Å². The molecule has 188 valence electrons. The number of carbonyl (C=O) groups is 2. The molecule has 0 aliphatic rings. The van der Waals surface area contributed by atoms with Crippen molar-refractivity contribution in [2.75, 3.05) is 26.8 Å². The second-order valence-corrected chi connectivity index (χ2v) is 8.24. The lowest BCUT2D eigenvalue weighted by Crippen LogP contribution is -2.30. The highest BCUT2D eigenvalue weighted by molar-refractivity contribution is 6.01. The van der Waals surface area contributed by atoms with Crippen molar-refractivity contribution in [3.8, 4) is 28.5 Å². The summed E-state index contributed by atoms with van der Waals surface area (Å²) in [6.07, 6.45) is 3.72. The van der Waals surface area contributed by atoms with Gasteiger partial charge in [0.25, 0.3) is 5.91 Å². The number of hydrogen-bond donors (Lipinski definition) is 4. The van der Waals surface area contributed by atoms with Crippen LogP contribution in [0.2, 0.25) is 0 Å². The first kappa shape index (κ1) is 24.8. The van der Waals surface area contributed by atoms with Crippen molar-refractivity contribution in [1.29, 1.82) is 0 Å². The number of carbonyl (C=O) groups excluding carboxylic acids is 2. The van der Waals surface area contributed by atoms with Crippen LogP contribution in [-0.4, -0.2) is 59.0 Å². The maximum atomic E-state index is 12.7. The number of amides is 2. The number of aromatic nitrogens is 4. The molecule has 0 aliphatic heterocycles. The zero-order chi connectivity index (χ0) is 25.3. The van der Waals surface area contributed by atoms with E-state index in [0.29, 0.717) is 43.2 Å². The summed E-state index contributed by atoms with van der Waals surface area (Å²) in [6.45, 7) is 3.29. The highest BCUT2D eigenvalue weighted by Gasteiger charge is 2.15. The van der Waals surface area contributed by atoms with Crippen molar-refractivity contribution in [3.05, 3.63) is 54.2 Å². The average Bonchev–Trinajstić information content (AvgIpc) is 3.55. The van der Waals surface area contributed by atoms with Gasteiger partial charge >= 0.3 is 6.09 Å². The smallest absolute Gasteiger partial charge is 0.407 e. The molecule has 2 aromatic carbocycles. The molecule has 36 heavy (non-hydrogen) atoms. The van der Waals surface area contributed by atoms with E-state index in [4.69, 9.17) is 9.47 Å². The highest BCUT2D eigenvalue weighted by atomic mass is 16.5. The lowest BCUT2D eigenvalue weighted by atomic mass is 10.1. The molecule has 0 unspecified atom stereocenters. The molecule has 2 amide bonds. The predicted octanol–water partition coefficient (Wildman–Crippen LogP) is 4.27. The van der Waals surface area contributed by atoms with Crippen LogP contribution < -0.4 is 15.4 Å². The Kier molecular flexibility index (Phi) is 8.17. The van der Waals surface area contributed by atoms with Gasteiger partial charge in [-0.1, -0.05) is 25.5 Å². The van der Waals surface area contributed by atoms with Gasteiger partial charge in [-0.05, 0) is 43.2 Å². The molecule has 2 aromatic heterocycles. The number of rotatable bonds is 11. The fraction of sp³-hybridized carbons (Fsp3) is 0.308. The number of alkyl carbamates (subject to hydrolysis) is 1. The van der Waals surface area contributed by atoms with E-state index in [-0.39, 0.29) is 5.91 Å². The Bertz CT molecular complexity index is 1330. The minimum absolute atomic E-state index is 0.203. The first-order chi connectivity index (χ1) is 17.6. The van der Waals surface area contributed by atoms with E-state index in [1.165, 1.54) is 0 Å². The molecule has 0 saturated carbocycles. The van der Waals surface area contributed by atoms with E-state index in [9.17, 15) is 9.59 Å². The van der Waals surface area contributed by atoms with Crippen molar-refractivity contribution in [3.63, 3.8) is 0 Å². The first-order valence-corrected chi connectivity index (χ1v) is 12.0. The van der Waals surface area contributed by atoms with Crippen LogP contribution in [0.25, 0.3) is 33.7 Å². The van der Waals surface area contributed by atoms with E-state index in [1.807, 2.05) is 37.3 Å². The SMILES string of the molecule is CCCCOC(=O)NCCCNC(=O)c1ccc2[nH]nc(-c3ncc(-c4cccc(OC)c4)[nH]3)c2c1. The average molecular weight is 491 g/mol. The van der Waals surface area contributed by atoms with Crippen LogP contribution in [0.15, 0.2) is 48.7 Å². The van der Waals surface area contributed by atoms with Gasteiger partial charge in [0.1, 0.15) is 11.4 Å². The summed E-state index contributed by atoms with van der Waals surface area (Å²) in [5.41, 5.74) is 3.71. The van der Waals surface area contributed by atoms with Crippen molar-refractivity contribution in [2.24, 2.45) is 0 Å². The van der Waals surface area contributed by atoms with Crippen LogP contribution in [0, 0.1) is 0 Å².